The molecule has 1 N–H and O–H groups in total. The van der Waals surface area contributed by atoms with Crippen molar-refractivity contribution in [2.24, 2.45) is 0 Å². The fraction of sp³-hybridized carbons (Fsp3) is 0.450. The van der Waals surface area contributed by atoms with Crippen LogP contribution in [-0.2, 0) is 11.3 Å². The molecule has 0 spiro atoms. The zero-order valence-corrected chi connectivity index (χ0v) is 16.1. The van der Waals surface area contributed by atoms with E-state index in [-0.39, 0.29) is 5.91 Å². The summed E-state index contributed by atoms with van der Waals surface area (Å²) in [7, 11) is 0. The summed E-state index contributed by atoms with van der Waals surface area (Å²) in [5.41, 5.74) is 1.83. The van der Waals surface area contributed by atoms with E-state index < -0.39 is 0 Å². The van der Waals surface area contributed by atoms with Crippen molar-refractivity contribution in [3.05, 3.63) is 53.9 Å². The third kappa shape index (κ3) is 6.44. The largest absolute Gasteiger partial charge is 0.351 e. The molecular weight excluding hydrogens is 326 g/mol. The molecule has 26 heavy (non-hydrogen) atoms. The predicted octanol–water partition coefficient (Wildman–Crippen LogP) is 2.57. The first-order valence-electron chi connectivity index (χ1n) is 9.11. The Morgan fingerprint density at radius 2 is 1.88 bits per heavy atom. The molecule has 0 aliphatic heterocycles. The summed E-state index contributed by atoms with van der Waals surface area (Å²) in [4.78, 5) is 14.3. The molecule has 1 amide bonds. The lowest BCUT2D eigenvalue weighted by Crippen LogP contribution is -2.42. The van der Waals surface area contributed by atoms with Crippen molar-refractivity contribution in [1.29, 1.82) is 0 Å². The highest BCUT2D eigenvalue weighted by Gasteiger charge is 2.12. The number of nitrogens with one attached hydrogen (secondary N) is 1. The first-order chi connectivity index (χ1) is 12.5. The minimum atomic E-state index is -0.116. The second-order valence-electron chi connectivity index (χ2n) is 6.88. The van der Waals surface area contributed by atoms with E-state index in [0.717, 1.165) is 12.1 Å². The average molecular weight is 355 g/mol. The average Bonchev–Trinajstić information content (AvgIpc) is 3.04. The van der Waals surface area contributed by atoms with Crippen LogP contribution < -0.4 is 5.32 Å². The Kier molecular flexibility index (Phi) is 7.53. The molecule has 6 heteroatoms. The molecule has 6 nitrogen and oxygen atoms in total. The van der Waals surface area contributed by atoms with Gasteiger partial charge in [-0.1, -0.05) is 35.5 Å². The number of nitrogens with zero attached hydrogens (tertiary/aromatic N) is 4. The SMILES string of the molecule is CC(C)N(CCNC(=O)/C=C/c1cn(Cc2ccccc2)nn1)C(C)C. The number of hydrogen-bond donors (Lipinski definition) is 1. The molecule has 0 aliphatic rings. The number of amides is 1. The van der Waals surface area contributed by atoms with Gasteiger partial charge in [-0.05, 0) is 39.3 Å². The first-order valence-corrected chi connectivity index (χ1v) is 9.11. The van der Waals surface area contributed by atoms with Crippen LogP contribution in [-0.4, -0.2) is 51.0 Å². The van der Waals surface area contributed by atoms with Crippen molar-refractivity contribution in [3.63, 3.8) is 0 Å². The second-order valence-corrected chi connectivity index (χ2v) is 6.88. The van der Waals surface area contributed by atoms with Gasteiger partial charge in [-0.15, -0.1) is 5.10 Å². The third-order valence-corrected chi connectivity index (χ3v) is 4.15. The smallest absolute Gasteiger partial charge is 0.244 e. The van der Waals surface area contributed by atoms with E-state index in [1.807, 2.05) is 36.5 Å². The first kappa shape index (κ1) is 19.8. The fourth-order valence-electron chi connectivity index (χ4n) is 2.88. The van der Waals surface area contributed by atoms with E-state index in [0.29, 0.717) is 30.9 Å². The van der Waals surface area contributed by atoms with Gasteiger partial charge >= 0.3 is 0 Å². The maximum atomic E-state index is 12.0. The van der Waals surface area contributed by atoms with Gasteiger partial charge in [-0.25, -0.2) is 4.68 Å². The predicted molar refractivity (Wildman–Crippen MR) is 105 cm³/mol. The van der Waals surface area contributed by atoms with Crippen molar-refractivity contribution in [2.45, 2.75) is 46.3 Å². The molecule has 0 aliphatic carbocycles. The Balaban J connectivity index is 1.79. The Morgan fingerprint density at radius 3 is 2.54 bits per heavy atom. The molecule has 1 aromatic heterocycles. The maximum absolute atomic E-state index is 12.0. The van der Waals surface area contributed by atoms with Crippen LogP contribution in [0.25, 0.3) is 6.08 Å². The third-order valence-electron chi connectivity index (χ3n) is 4.15. The van der Waals surface area contributed by atoms with E-state index in [4.69, 9.17) is 0 Å². The Bertz CT molecular complexity index is 698. The number of hydrogen-bond acceptors (Lipinski definition) is 4. The zero-order chi connectivity index (χ0) is 18.9. The monoisotopic (exact) mass is 355 g/mol. The minimum Gasteiger partial charge on any atom is -0.351 e. The lowest BCUT2D eigenvalue weighted by atomic mass is 10.2. The summed E-state index contributed by atoms with van der Waals surface area (Å²) >= 11 is 0. The van der Waals surface area contributed by atoms with Gasteiger partial charge in [0.15, 0.2) is 0 Å². The summed E-state index contributed by atoms with van der Waals surface area (Å²) in [5.74, 6) is -0.116. The van der Waals surface area contributed by atoms with E-state index in [2.05, 4.69) is 48.2 Å². The van der Waals surface area contributed by atoms with Gasteiger partial charge in [-0.3, -0.25) is 9.69 Å². The van der Waals surface area contributed by atoms with Crippen LogP contribution in [0.5, 0.6) is 0 Å². The van der Waals surface area contributed by atoms with Crippen LogP contribution in [0.1, 0.15) is 39.0 Å². The molecular formula is C20H29N5O. The number of aromatic nitrogens is 3. The van der Waals surface area contributed by atoms with Crippen molar-refractivity contribution in [3.8, 4) is 0 Å². The van der Waals surface area contributed by atoms with E-state index in [1.165, 1.54) is 6.08 Å². The highest BCUT2D eigenvalue weighted by molar-refractivity contribution is 5.91. The van der Waals surface area contributed by atoms with Gasteiger partial charge in [0.05, 0.1) is 12.7 Å². The zero-order valence-electron chi connectivity index (χ0n) is 16.1. The van der Waals surface area contributed by atoms with E-state index in [9.17, 15) is 4.79 Å². The number of benzene rings is 1. The Labute approximate surface area is 155 Å². The Morgan fingerprint density at radius 1 is 1.19 bits per heavy atom. The summed E-state index contributed by atoms with van der Waals surface area (Å²) in [5, 5.41) is 11.1. The molecule has 0 fully saturated rings. The molecule has 2 rings (SSSR count). The van der Waals surface area contributed by atoms with E-state index >= 15 is 0 Å². The maximum Gasteiger partial charge on any atom is 0.244 e. The van der Waals surface area contributed by atoms with E-state index in [1.54, 1.807) is 10.8 Å². The quantitative estimate of drug-likeness (QED) is 0.702. The van der Waals surface area contributed by atoms with Crippen LogP contribution in [0.4, 0.5) is 0 Å². The van der Waals surface area contributed by atoms with Crippen molar-refractivity contribution < 1.29 is 4.79 Å². The van der Waals surface area contributed by atoms with Crippen LogP contribution >= 0.6 is 0 Å². The Hall–Kier alpha value is -2.47. The summed E-state index contributed by atoms with van der Waals surface area (Å²) < 4.78 is 1.76. The summed E-state index contributed by atoms with van der Waals surface area (Å²) in [6.07, 6.45) is 5.02. The molecule has 0 saturated heterocycles. The molecule has 140 valence electrons. The summed E-state index contributed by atoms with van der Waals surface area (Å²) in [6, 6.07) is 11.0. The summed E-state index contributed by atoms with van der Waals surface area (Å²) in [6.45, 7) is 10.8. The van der Waals surface area contributed by atoms with Gasteiger partial charge in [-0.2, -0.15) is 0 Å². The minimum absolute atomic E-state index is 0.116. The number of carbonyl (C=O) groups excluding carboxylic acids is 1. The topological polar surface area (TPSA) is 63.1 Å². The highest BCUT2D eigenvalue weighted by Crippen LogP contribution is 2.04. The normalized spacial score (nSPS) is 11.8. The van der Waals surface area contributed by atoms with Gasteiger partial charge in [0.25, 0.3) is 0 Å². The van der Waals surface area contributed by atoms with Crippen LogP contribution in [0.15, 0.2) is 42.6 Å². The number of rotatable bonds is 9. The molecule has 1 heterocycles. The molecule has 0 radical (unpaired) electrons. The molecule has 0 saturated carbocycles. The molecule has 1 aromatic carbocycles. The molecule has 0 atom stereocenters. The van der Waals surface area contributed by atoms with Crippen molar-refractivity contribution in [2.75, 3.05) is 13.1 Å². The molecule has 0 bridgehead atoms. The number of carbonyl (C=O) groups is 1. The molecule has 2 aromatic rings. The van der Waals surface area contributed by atoms with Crippen LogP contribution in [0.3, 0.4) is 0 Å². The second kappa shape index (κ2) is 9.87. The molecule has 0 unspecified atom stereocenters. The van der Waals surface area contributed by atoms with Gasteiger partial charge in [0.2, 0.25) is 5.91 Å². The fourth-order valence-corrected chi connectivity index (χ4v) is 2.88. The lowest BCUT2D eigenvalue weighted by molar-refractivity contribution is -0.116. The van der Waals surface area contributed by atoms with Crippen LogP contribution in [0, 0.1) is 0 Å². The highest BCUT2D eigenvalue weighted by atomic mass is 16.1. The van der Waals surface area contributed by atoms with Crippen molar-refractivity contribution in [1.82, 2.24) is 25.2 Å². The standard InChI is InChI=1S/C20H29N5O/c1-16(2)25(17(3)4)13-12-21-20(26)11-10-19-15-24(23-22-19)14-18-8-6-5-7-9-18/h5-11,15-17H,12-14H2,1-4H3,(H,21,26)/b11-10+. The van der Waals surface area contributed by atoms with Crippen LogP contribution in [0.2, 0.25) is 0 Å². The van der Waals surface area contributed by atoms with Gasteiger partial charge < -0.3 is 5.32 Å². The van der Waals surface area contributed by atoms with Gasteiger partial charge in [0, 0.05) is 31.2 Å². The lowest BCUT2D eigenvalue weighted by Gasteiger charge is -2.30. The van der Waals surface area contributed by atoms with Gasteiger partial charge in [0.1, 0.15) is 5.69 Å². The van der Waals surface area contributed by atoms with Crippen molar-refractivity contribution >= 4 is 12.0 Å².